The molecule has 1 fully saturated rings. The Morgan fingerprint density at radius 1 is 1.18 bits per heavy atom. The van der Waals surface area contributed by atoms with Crippen LogP contribution in [0.1, 0.15) is 27.0 Å². The molecule has 0 aliphatic carbocycles. The first-order valence-electron chi connectivity index (χ1n) is 11.9. The van der Waals surface area contributed by atoms with E-state index in [2.05, 4.69) is 11.1 Å². The number of carbonyl (C=O) groups excluding carboxylic acids is 1. The smallest absolute Gasteiger partial charge is 0.214 e. The van der Waals surface area contributed by atoms with Gasteiger partial charge in [-0.25, -0.2) is 4.98 Å². The van der Waals surface area contributed by atoms with E-state index in [9.17, 15) is 10.1 Å². The van der Waals surface area contributed by atoms with Gasteiger partial charge in [0.2, 0.25) is 5.79 Å². The van der Waals surface area contributed by atoms with Crippen LogP contribution >= 0.6 is 11.6 Å². The van der Waals surface area contributed by atoms with Crippen molar-refractivity contribution in [2.45, 2.75) is 18.4 Å². The molecular weight excluding hydrogens is 506 g/mol. The highest BCUT2D eigenvalue weighted by atomic mass is 35.5. The number of ketones is 1. The van der Waals surface area contributed by atoms with Crippen molar-refractivity contribution in [3.8, 4) is 17.6 Å². The molecule has 0 radical (unpaired) electrons. The van der Waals surface area contributed by atoms with Crippen molar-refractivity contribution in [3.05, 3.63) is 113 Å². The number of rotatable bonds is 9. The summed E-state index contributed by atoms with van der Waals surface area (Å²) in [7, 11) is 1.55. The van der Waals surface area contributed by atoms with Crippen LogP contribution in [0.2, 0.25) is 5.02 Å². The summed E-state index contributed by atoms with van der Waals surface area (Å²) in [6.07, 6.45) is 4.77. The van der Waals surface area contributed by atoms with E-state index in [0.29, 0.717) is 39.8 Å². The molecule has 9 heteroatoms. The number of methoxy groups -OCH3 is 1. The Kier molecular flexibility index (Phi) is 7.43. The van der Waals surface area contributed by atoms with Gasteiger partial charge in [-0.3, -0.25) is 4.79 Å². The Morgan fingerprint density at radius 2 is 1.97 bits per heavy atom. The molecular formula is C29H24ClN3O5. The van der Waals surface area contributed by atoms with Crippen molar-refractivity contribution in [2.24, 2.45) is 0 Å². The first kappa shape index (κ1) is 25.5. The fourth-order valence-electron chi connectivity index (χ4n) is 4.27. The van der Waals surface area contributed by atoms with Gasteiger partial charge in [-0.1, -0.05) is 23.7 Å². The molecule has 0 N–H and O–H groups in total. The molecule has 0 amide bonds. The van der Waals surface area contributed by atoms with E-state index in [0.717, 1.165) is 5.56 Å². The van der Waals surface area contributed by atoms with E-state index in [4.69, 9.17) is 30.5 Å². The van der Waals surface area contributed by atoms with Crippen LogP contribution in [0.4, 0.5) is 0 Å². The summed E-state index contributed by atoms with van der Waals surface area (Å²) >= 11 is 5.99. The molecule has 8 nitrogen and oxygen atoms in total. The van der Waals surface area contributed by atoms with Crippen LogP contribution in [0.15, 0.2) is 85.5 Å². The average molecular weight is 530 g/mol. The molecule has 2 atom stereocenters. The number of hydrogen-bond donors (Lipinski definition) is 0. The summed E-state index contributed by atoms with van der Waals surface area (Å²) in [4.78, 5) is 17.4. The van der Waals surface area contributed by atoms with E-state index >= 15 is 0 Å². The Bertz CT molecular complexity index is 1450. The lowest BCUT2D eigenvalue weighted by atomic mass is 10.0. The number of aromatic nitrogens is 2. The monoisotopic (exact) mass is 529 g/mol. The minimum atomic E-state index is -1.10. The molecule has 0 saturated carbocycles. The molecule has 4 aromatic rings. The van der Waals surface area contributed by atoms with Gasteiger partial charge in [0, 0.05) is 34.6 Å². The van der Waals surface area contributed by atoms with E-state index in [1.54, 1.807) is 74.2 Å². The summed E-state index contributed by atoms with van der Waals surface area (Å²) in [6, 6.07) is 21.0. The molecule has 38 heavy (non-hydrogen) atoms. The van der Waals surface area contributed by atoms with Crippen LogP contribution in [-0.2, 0) is 21.8 Å². The molecule has 2 heterocycles. The Morgan fingerprint density at radius 3 is 2.66 bits per heavy atom. The molecule has 5 rings (SSSR count). The fourth-order valence-corrected chi connectivity index (χ4v) is 4.39. The minimum absolute atomic E-state index is 0.135. The van der Waals surface area contributed by atoms with Gasteiger partial charge in [0.15, 0.2) is 5.78 Å². The molecule has 1 aliphatic rings. The molecule has 1 saturated heterocycles. The zero-order valence-corrected chi connectivity index (χ0v) is 21.3. The van der Waals surface area contributed by atoms with Crippen molar-refractivity contribution in [2.75, 3.05) is 20.3 Å². The lowest BCUT2D eigenvalue weighted by Gasteiger charge is -2.29. The normalized spacial score (nSPS) is 18.6. The molecule has 192 valence electrons. The second kappa shape index (κ2) is 11.1. The van der Waals surface area contributed by atoms with Crippen LogP contribution in [0.3, 0.4) is 0 Å². The van der Waals surface area contributed by atoms with Crippen molar-refractivity contribution >= 4 is 17.4 Å². The predicted octanol–water partition coefficient (Wildman–Crippen LogP) is 5.00. The molecule has 1 aliphatic heterocycles. The molecule has 1 aromatic heterocycles. The molecule has 3 aromatic carbocycles. The number of nitrogens with zero attached hydrogens (tertiary/aromatic N) is 3. The first-order valence-corrected chi connectivity index (χ1v) is 12.3. The van der Waals surface area contributed by atoms with Crippen LogP contribution < -0.4 is 9.47 Å². The summed E-state index contributed by atoms with van der Waals surface area (Å²) in [6.45, 7) is 0.754. The SMILES string of the molecule is COc1ccc(C(=O)c2ccc(Cl)cc2)c(OCC2COC(Cn3ccnc3)(c3ccc(C#N)cc3)O2)c1. The third kappa shape index (κ3) is 5.41. The van der Waals surface area contributed by atoms with Gasteiger partial charge in [-0.05, 0) is 48.5 Å². The average Bonchev–Trinajstić information content (AvgIpc) is 3.62. The molecule has 0 bridgehead atoms. The largest absolute Gasteiger partial charge is 0.497 e. The van der Waals surface area contributed by atoms with Gasteiger partial charge in [-0.15, -0.1) is 0 Å². The fraction of sp³-hybridized carbons (Fsp3) is 0.207. The van der Waals surface area contributed by atoms with E-state index < -0.39 is 11.9 Å². The molecule has 2 unspecified atom stereocenters. The Labute approximate surface area is 224 Å². The van der Waals surface area contributed by atoms with Gasteiger partial charge in [0.05, 0.1) is 43.8 Å². The summed E-state index contributed by atoms with van der Waals surface area (Å²) in [5.74, 6) is -0.365. The van der Waals surface area contributed by atoms with Crippen molar-refractivity contribution < 1.29 is 23.7 Å². The second-order valence-corrected chi connectivity index (χ2v) is 9.17. The summed E-state index contributed by atoms with van der Waals surface area (Å²) < 4.78 is 26.0. The highest BCUT2D eigenvalue weighted by molar-refractivity contribution is 6.30. The number of halogens is 1. The van der Waals surface area contributed by atoms with Crippen molar-refractivity contribution in [1.29, 1.82) is 5.26 Å². The summed E-state index contributed by atoms with van der Waals surface area (Å²) in [5, 5.41) is 9.74. The quantitative estimate of drug-likeness (QED) is 0.282. The first-order chi connectivity index (χ1) is 18.5. The number of carbonyl (C=O) groups is 1. The lowest BCUT2D eigenvalue weighted by Crippen LogP contribution is -2.34. The maximum absolute atomic E-state index is 13.2. The van der Waals surface area contributed by atoms with Crippen molar-refractivity contribution in [3.63, 3.8) is 0 Å². The topological polar surface area (TPSA) is 95.6 Å². The lowest BCUT2D eigenvalue weighted by molar-refractivity contribution is -0.189. The van der Waals surface area contributed by atoms with Crippen LogP contribution in [0, 0.1) is 11.3 Å². The van der Waals surface area contributed by atoms with Gasteiger partial charge in [-0.2, -0.15) is 5.26 Å². The van der Waals surface area contributed by atoms with Gasteiger partial charge in [0.25, 0.3) is 0 Å². The Hall–Kier alpha value is -4.16. The maximum atomic E-state index is 13.2. The van der Waals surface area contributed by atoms with Crippen molar-refractivity contribution in [1.82, 2.24) is 9.55 Å². The number of hydrogen-bond acceptors (Lipinski definition) is 7. The zero-order valence-electron chi connectivity index (χ0n) is 20.5. The zero-order chi connectivity index (χ0) is 26.5. The third-order valence-electron chi connectivity index (χ3n) is 6.23. The number of nitriles is 1. The van der Waals surface area contributed by atoms with Gasteiger partial charge >= 0.3 is 0 Å². The highest BCUT2D eigenvalue weighted by Gasteiger charge is 2.44. The van der Waals surface area contributed by atoms with Crippen LogP contribution in [-0.4, -0.2) is 41.8 Å². The van der Waals surface area contributed by atoms with Crippen LogP contribution in [0.5, 0.6) is 11.5 Å². The second-order valence-electron chi connectivity index (χ2n) is 8.74. The Balaban J connectivity index is 1.37. The minimum Gasteiger partial charge on any atom is -0.497 e. The number of benzene rings is 3. The number of ether oxygens (including phenoxy) is 4. The molecule has 0 spiro atoms. The summed E-state index contributed by atoms with van der Waals surface area (Å²) in [5.41, 5.74) is 2.20. The predicted molar refractivity (Wildman–Crippen MR) is 139 cm³/mol. The van der Waals surface area contributed by atoms with E-state index in [-0.39, 0.29) is 19.0 Å². The highest BCUT2D eigenvalue weighted by Crippen LogP contribution is 2.37. The number of imidazole rings is 1. The maximum Gasteiger partial charge on any atom is 0.214 e. The van der Waals surface area contributed by atoms with Gasteiger partial charge < -0.3 is 23.5 Å². The van der Waals surface area contributed by atoms with E-state index in [1.165, 1.54) is 0 Å². The van der Waals surface area contributed by atoms with Crippen LogP contribution in [0.25, 0.3) is 0 Å². The van der Waals surface area contributed by atoms with E-state index in [1.807, 2.05) is 22.9 Å². The standard InChI is InChI=1S/C29H24ClN3O5/c1-35-24-10-11-26(28(34)21-4-8-23(30)9-5-21)27(14-24)36-16-25-17-37-29(38-25,18-33-13-12-32-19-33)22-6-2-20(15-31)3-7-22/h2-14,19,25H,16-18H2,1H3. The van der Waals surface area contributed by atoms with Gasteiger partial charge in [0.1, 0.15) is 24.2 Å². The third-order valence-corrected chi connectivity index (χ3v) is 6.48.